The summed E-state index contributed by atoms with van der Waals surface area (Å²) in [4.78, 5) is 21.4. The average molecular weight is 466 g/mol. The summed E-state index contributed by atoms with van der Waals surface area (Å²) in [7, 11) is 0. The van der Waals surface area contributed by atoms with E-state index in [9.17, 15) is 18.0 Å². The third-order valence-electron chi connectivity index (χ3n) is 4.79. The number of hydrogen-bond donors (Lipinski definition) is 0. The number of aromatic nitrogens is 6. The summed E-state index contributed by atoms with van der Waals surface area (Å²) >= 11 is 0. The van der Waals surface area contributed by atoms with Gasteiger partial charge in [0.25, 0.3) is 11.4 Å². The Labute approximate surface area is 188 Å². The number of ether oxygens (including phenoxy) is 1. The number of benzene rings is 2. The number of hydrogen-bond acceptors (Lipinski definition) is 8. The molecule has 0 aliphatic carbocycles. The van der Waals surface area contributed by atoms with Gasteiger partial charge in [0.15, 0.2) is 5.82 Å². The number of alkyl halides is 3. The van der Waals surface area contributed by atoms with Gasteiger partial charge in [0.05, 0.1) is 5.39 Å². The Balaban J connectivity index is 1.43. The molecule has 170 valence electrons. The highest BCUT2D eigenvalue weighted by molar-refractivity contribution is 5.83. The van der Waals surface area contributed by atoms with Crippen molar-refractivity contribution in [2.24, 2.45) is 0 Å². The van der Waals surface area contributed by atoms with Gasteiger partial charge in [0, 0.05) is 6.20 Å². The van der Waals surface area contributed by atoms with Crippen LogP contribution >= 0.6 is 0 Å². The molecule has 0 spiro atoms. The fraction of sp³-hybridized carbons (Fsp3) is 0.0909. The lowest BCUT2D eigenvalue weighted by Crippen LogP contribution is -2.25. The molecule has 2 aromatic carbocycles. The van der Waals surface area contributed by atoms with Crippen molar-refractivity contribution in [2.75, 3.05) is 0 Å². The molecule has 0 fully saturated rings. The first-order valence-corrected chi connectivity index (χ1v) is 9.83. The number of pyridine rings is 1. The van der Waals surface area contributed by atoms with E-state index in [1.165, 1.54) is 24.3 Å². The molecule has 0 bridgehead atoms. The standard InChI is InChI=1S/C22H13F3N6O3/c23-22(24,25)33-15-7-4-13(5-8-15)14-6-9-17-16(11-14)21(32)31(30-28-17)12-19-27-20(34-29-19)18-3-1-2-10-26-18/h1-11H,12H2. The molecule has 0 aliphatic rings. The maximum atomic E-state index is 13.0. The van der Waals surface area contributed by atoms with Crippen molar-refractivity contribution in [3.05, 3.63) is 83.0 Å². The molecule has 5 aromatic rings. The zero-order valence-electron chi connectivity index (χ0n) is 17.1. The van der Waals surface area contributed by atoms with E-state index in [-0.39, 0.29) is 29.4 Å². The Morgan fingerprint density at radius 1 is 1.00 bits per heavy atom. The second kappa shape index (κ2) is 8.39. The molecule has 0 N–H and O–H groups in total. The first-order valence-electron chi connectivity index (χ1n) is 9.83. The zero-order valence-corrected chi connectivity index (χ0v) is 17.1. The van der Waals surface area contributed by atoms with Crippen LogP contribution in [-0.2, 0) is 6.54 Å². The molecule has 0 aliphatic heterocycles. The number of fused-ring (bicyclic) bond motifs is 1. The Morgan fingerprint density at radius 3 is 2.53 bits per heavy atom. The SMILES string of the molecule is O=c1c2cc(-c3ccc(OC(F)(F)F)cc3)ccc2nnn1Cc1noc(-c2ccccn2)n1. The number of halogens is 3. The van der Waals surface area contributed by atoms with Crippen LogP contribution in [0.5, 0.6) is 5.75 Å². The predicted molar refractivity (Wildman–Crippen MR) is 113 cm³/mol. The van der Waals surface area contributed by atoms with Crippen molar-refractivity contribution in [3.8, 4) is 28.5 Å². The molecule has 5 rings (SSSR count). The van der Waals surface area contributed by atoms with E-state index in [1.54, 1.807) is 42.6 Å². The van der Waals surface area contributed by atoms with Crippen molar-refractivity contribution in [1.29, 1.82) is 0 Å². The Bertz CT molecular complexity index is 1520. The molecule has 3 heterocycles. The highest BCUT2D eigenvalue weighted by atomic mass is 19.4. The van der Waals surface area contributed by atoms with Crippen molar-refractivity contribution >= 4 is 10.9 Å². The normalized spacial score (nSPS) is 11.6. The van der Waals surface area contributed by atoms with Crippen molar-refractivity contribution < 1.29 is 22.4 Å². The first kappa shape index (κ1) is 21.2. The van der Waals surface area contributed by atoms with Crippen LogP contribution in [0.1, 0.15) is 5.82 Å². The van der Waals surface area contributed by atoms with Crippen LogP contribution in [0.4, 0.5) is 13.2 Å². The van der Waals surface area contributed by atoms with Crippen LogP contribution < -0.4 is 10.3 Å². The summed E-state index contributed by atoms with van der Waals surface area (Å²) in [5.74, 6) is 0.0842. The summed E-state index contributed by atoms with van der Waals surface area (Å²) in [5, 5.41) is 12.1. The van der Waals surface area contributed by atoms with Crippen molar-refractivity contribution in [2.45, 2.75) is 12.9 Å². The average Bonchev–Trinajstić information content (AvgIpc) is 3.29. The van der Waals surface area contributed by atoms with Gasteiger partial charge in [-0.1, -0.05) is 34.6 Å². The molecule has 34 heavy (non-hydrogen) atoms. The minimum Gasteiger partial charge on any atom is -0.406 e. The minimum absolute atomic E-state index is 0.0776. The van der Waals surface area contributed by atoms with Gasteiger partial charge in [-0.05, 0) is 47.5 Å². The fourth-order valence-corrected chi connectivity index (χ4v) is 3.25. The summed E-state index contributed by atoms with van der Waals surface area (Å²) in [6.45, 7) is -0.0776. The molecule has 0 unspecified atom stereocenters. The van der Waals surface area contributed by atoms with Crippen LogP contribution in [0.25, 0.3) is 33.6 Å². The van der Waals surface area contributed by atoms with E-state index in [2.05, 4.69) is 30.2 Å². The fourth-order valence-electron chi connectivity index (χ4n) is 3.25. The predicted octanol–water partition coefficient (Wildman–Crippen LogP) is 3.85. The summed E-state index contributed by atoms with van der Waals surface area (Å²) in [6, 6.07) is 15.5. The minimum atomic E-state index is -4.77. The van der Waals surface area contributed by atoms with Gasteiger partial charge in [0.2, 0.25) is 0 Å². The lowest BCUT2D eigenvalue weighted by Gasteiger charge is -2.09. The van der Waals surface area contributed by atoms with E-state index in [0.29, 0.717) is 22.3 Å². The van der Waals surface area contributed by atoms with E-state index >= 15 is 0 Å². The summed E-state index contributed by atoms with van der Waals surface area (Å²) in [6.07, 6.45) is -3.18. The largest absolute Gasteiger partial charge is 0.573 e. The Hall–Kier alpha value is -4.61. The van der Waals surface area contributed by atoms with Gasteiger partial charge in [-0.25, -0.2) is 4.68 Å². The molecule has 0 amide bonds. The van der Waals surface area contributed by atoms with Crippen molar-refractivity contribution in [1.82, 2.24) is 30.1 Å². The molecular formula is C22H13F3N6O3. The summed E-state index contributed by atoms with van der Waals surface area (Å²) < 4.78 is 47.3. The zero-order chi connectivity index (χ0) is 23.7. The topological polar surface area (TPSA) is 109 Å². The first-order chi connectivity index (χ1) is 16.4. The molecule has 12 heteroatoms. The second-order valence-electron chi connectivity index (χ2n) is 7.09. The molecule has 0 atom stereocenters. The van der Waals surface area contributed by atoms with Gasteiger partial charge in [-0.2, -0.15) is 4.98 Å². The van der Waals surface area contributed by atoms with Crippen LogP contribution in [0, 0.1) is 0 Å². The molecular weight excluding hydrogens is 453 g/mol. The third-order valence-corrected chi connectivity index (χ3v) is 4.79. The number of nitrogens with zero attached hydrogens (tertiary/aromatic N) is 6. The molecule has 0 saturated carbocycles. The maximum Gasteiger partial charge on any atom is 0.573 e. The van der Waals surface area contributed by atoms with Crippen molar-refractivity contribution in [3.63, 3.8) is 0 Å². The molecule has 0 saturated heterocycles. The smallest absolute Gasteiger partial charge is 0.406 e. The second-order valence-corrected chi connectivity index (χ2v) is 7.09. The van der Waals surface area contributed by atoms with Crippen LogP contribution in [0.15, 0.2) is 76.2 Å². The molecule has 3 aromatic heterocycles. The van der Waals surface area contributed by atoms with Crippen LogP contribution in [0.2, 0.25) is 0 Å². The lowest BCUT2D eigenvalue weighted by atomic mass is 10.0. The lowest BCUT2D eigenvalue weighted by molar-refractivity contribution is -0.274. The highest BCUT2D eigenvalue weighted by Crippen LogP contribution is 2.27. The highest BCUT2D eigenvalue weighted by Gasteiger charge is 2.31. The quantitative estimate of drug-likeness (QED) is 0.384. The maximum absolute atomic E-state index is 13.0. The molecule has 0 radical (unpaired) electrons. The van der Waals surface area contributed by atoms with Crippen LogP contribution in [0.3, 0.4) is 0 Å². The van der Waals surface area contributed by atoms with Crippen LogP contribution in [-0.4, -0.2) is 36.5 Å². The van der Waals surface area contributed by atoms with Gasteiger partial charge in [-0.3, -0.25) is 9.78 Å². The Kier molecular flexibility index (Phi) is 5.24. The van der Waals surface area contributed by atoms with E-state index in [1.807, 2.05) is 0 Å². The molecule has 9 nitrogen and oxygen atoms in total. The van der Waals surface area contributed by atoms with Gasteiger partial charge < -0.3 is 9.26 Å². The third kappa shape index (κ3) is 4.46. The monoisotopic (exact) mass is 466 g/mol. The van der Waals surface area contributed by atoms with Gasteiger partial charge in [0.1, 0.15) is 23.5 Å². The number of rotatable bonds is 5. The van der Waals surface area contributed by atoms with Gasteiger partial charge >= 0.3 is 6.36 Å². The Morgan fingerprint density at radius 2 is 1.79 bits per heavy atom. The summed E-state index contributed by atoms with van der Waals surface area (Å²) in [5.41, 5.74) is 1.63. The van der Waals surface area contributed by atoms with E-state index in [0.717, 1.165) is 4.68 Å². The van der Waals surface area contributed by atoms with E-state index < -0.39 is 11.9 Å². The van der Waals surface area contributed by atoms with E-state index in [4.69, 9.17) is 4.52 Å². The van der Waals surface area contributed by atoms with Gasteiger partial charge in [-0.15, -0.1) is 18.3 Å².